The van der Waals surface area contributed by atoms with Crippen LogP contribution in [0.1, 0.15) is 37.3 Å². The Morgan fingerprint density at radius 3 is 2.61 bits per heavy atom. The lowest BCUT2D eigenvalue weighted by molar-refractivity contribution is 0.239. The first kappa shape index (κ1) is 22.9. The van der Waals surface area contributed by atoms with Crippen molar-refractivity contribution in [3.63, 3.8) is 0 Å². The van der Waals surface area contributed by atoms with Crippen LogP contribution < -0.4 is 20.9 Å². The topological polar surface area (TPSA) is 70.9 Å². The zero-order valence-corrected chi connectivity index (χ0v) is 18.7. The fraction of sp³-hybridized carbons (Fsp3) is 0.500. The molecule has 2 aromatic rings. The van der Waals surface area contributed by atoms with Gasteiger partial charge in [0.25, 0.3) is 0 Å². The summed E-state index contributed by atoms with van der Waals surface area (Å²) in [7, 11) is 3.53. The normalized spacial score (nSPS) is 15.6. The molecule has 0 radical (unpaired) electrons. The number of rotatable bonds is 10. The predicted octanol–water partition coefficient (Wildman–Crippen LogP) is 2.64. The van der Waals surface area contributed by atoms with Crippen LogP contribution in [0.25, 0.3) is 0 Å². The van der Waals surface area contributed by atoms with E-state index in [0.717, 1.165) is 57.3 Å². The Hall–Kier alpha value is -2.80. The number of aliphatic imine (C=N–C) groups is 1. The van der Waals surface area contributed by atoms with Gasteiger partial charge >= 0.3 is 0 Å². The molecular formula is C24H35N5O2. The number of pyridine rings is 1. The van der Waals surface area contributed by atoms with Crippen molar-refractivity contribution in [3.8, 4) is 5.75 Å². The van der Waals surface area contributed by atoms with Crippen LogP contribution in [-0.4, -0.2) is 55.8 Å². The molecule has 2 N–H and O–H groups in total. The lowest BCUT2D eigenvalue weighted by atomic mass is 10.0. The smallest absolute Gasteiger partial charge is 0.250 e. The molecule has 1 unspecified atom stereocenters. The van der Waals surface area contributed by atoms with Gasteiger partial charge in [-0.25, -0.2) is 0 Å². The number of para-hydroxylation sites is 1. The van der Waals surface area contributed by atoms with E-state index < -0.39 is 0 Å². The Kier molecular flexibility index (Phi) is 8.97. The summed E-state index contributed by atoms with van der Waals surface area (Å²) in [5, 5.41) is 6.90. The number of methoxy groups -OCH3 is 1. The molecule has 0 saturated carbocycles. The second-order valence-electron chi connectivity index (χ2n) is 7.82. The number of likely N-dealkylation sites (tertiary alicyclic amines) is 1. The second-order valence-corrected chi connectivity index (χ2v) is 7.82. The molecule has 0 spiro atoms. The number of unbranched alkanes of at least 4 members (excludes halogenated alkanes) is 1. The van der Waals surface area contributed by atoms with Gasteiger partial charge < -0.3 is 19.9 Å². The fourth-order valence-electron chi connectivity index (χ4n) is 4.10. The third kappa shape index (κ3) is 6.59. The van der Waals surface area contributed by atoms with Gasteiger partial charge in [0.1, 0.15) is 5.75 Å². The van der Waals surface area contributed by atoms with Gasteiger partial charge in [0.15, 0.2) is 5.96 Å². The Labute approximate surface area is 185 Å². The number of hydrogen-bond acceptors (Lipinski definition) is 4. The molecule has 1 aliphatic heterocycles. The van der Waals surface area contributed by atoms with E-state index in [0.29, 0.717) is 0 Å². The Balaban J connectivity index is 1.50. The lowest BCUT2D eigenvalue weighted by Crippen LogP contribution is -2.43. The van der Waals surface area contributed by atoms with Crippen molar-refractivity contribution in [2.75, 3.05) is 40.3 Å². The van der Waals surface area contributed by atoms with Crippen LogP contribution in [0.4, 0.5) is 0 Å². The van der Waals surface area contributed by atoms with Crippen molar-refractivity contribution in [2.24, 2.45) is 4.99 Å². The standard InChI is InChI=1S/C24H35N5O2/c1-25-24(26-14-6-8-18-29-17-7-5-13-23(29)30)27-19-21(28-15-9-10-16-28)20-11-3-4-12-22(20)31-2/h3-5,7,11-13,17,21H,6,8-10,14-16,18-19H2,1-2H3,(H2,25,26,27). The molecule has 1 atom stereocenters. The van der Waals surface area contributed by atoms with Crippen LogP contribution in [0.5, 0.6) is 5.75 Å². The predicted molar refractivity (Wildman–Crippen MR) is 126 cm³/mol. The Morgan fingerprint density at radius 1 is 1.10 bits per heavy atom. The van der Waals surface area contributed by atoms with E-state index in [-0.39, 0.29) is 11.6 Å². The van der Waals surface area contributed by atoms with E-state index in [1.54, 1.807) is 30.9 Å². The molecule has 0 bridgehead atoms. The van der Waals surface area contributed by atoms with Crippen molar-refractivity contribution in [1.29, 1.82) is 0 Å². The molecule has 1 aromatic carbocycles. The van der Waals surface area contributed by atoms with E-state index in [9.17, 15) is 4.79 Å². The molecule has 1 aliphatic rings. The lowest BCUT2D eigenvalue weighted by Gasteiger charge is -2.30. The summed E-state index contributed by atoms with van der Waals surface area (Å²) in [5.74, 6) is 1.73. The number of nitrogens with zero attached hydrogens (tertiary/aromatic N) is 3. The number of aryl methyl sites for hydroxylation is 1. The van der Waals surface area contributed by atoms with Gasteiger partial charge in [0.05, 0.1) is 13.2 Å². The minimum atomic E-state index is 0.0530. The van der Waals surface area contributed by atoms with Gasteiger partial charge in [0.2, 0.25) is 5.56 Å². The highest BCUT2D eigenvalue weighted by Crippen LogP contribution is 2.31. The molecule has 0 amide bonds. The van der Waals surface area contributed by atoms with Crippen molar-refractivity contribution < 1.29 is 4.74 Å². The van der Waals surface area contributed by atoms with Crippen LogP contribution in [-0.2, 0) is 6.54 Å². The molecule has 2 heterocycles. The fourth-order valence-corrected chi connectivity index (χ4v) is 4.10. The summed E-state index contributed by atoms with van der Waals surface area (Å²) in [6, 6.07) is 13.8. The average molecular weight is 426 g/mol. The molecule has 1 fully saturated rings. The van der Waals surface area contributed by atoms with Crippen LogP contribution in [0, 0.1) is 0 Å². The SMILES string of the molecule is CN=C(NCCCCn1ccccc1=O)NCC(c1ccccc1OC)N1CCCC1. The van der Waals surface area contributed by atoms with Crippen molar-refractivity contribution in [3.05, 3.63) is 64.6 Å². The molecule has 7 nitrogen and oxygen atoms in total. The molecule has 0 aliphatic carbocycles. The number of benzene rings is 1. The minimum Gasteiger partial charge on any atom is -0.496 e. The number of ether oxygens (including phenoxy) is 1. The summed E-state index contributed by atoms with van der Waals surface area (Å²) in [5.41, 5.74) is 1.26. The summed E-state index contributed by atoms with van der Waals surface area (Å²) in [6.07, 6.45) is 6.22. The van der Waals surface area contributed by atoms with Crippen LogP contribution >= 0.6 is 0 Å². The molecule has 1 aromatic heterocycles. The van der Waals surface area contributed by atoms with E-state index in [2.05, 4.69) is 32.7 Å². The van der Waals surface area contributed by atoms with E-state index >= 15 is 0 Å². The van der Waals surface area contributed by atoms with E-state index in [4.69, 9.17) is 4.74 Å². The van der Waals surface area contributed by atoms with Crippen LogP contribution in [0.15, 0.2) is 58.4 Å². The highest BCUT2D eigenvalue weighted by Gasteiger charge is 2.25. The van der Waals surface area contributed by atoms with Crippen molar-refractivity contribution in [2.45, 2.75) is 38.3 Å². The highest BCUT2D eigenvalue weighted by atomic mass is 16.5. The van der Waals surface area contributed by atoms with Gasteiger partial charge in [-0.1, -0.05) is 24.3 Å². The maximum absolute atomic E-state index is 11.8. The van der Waals surface area contributed by atoms with Crippen molar-refractivity contribution in [1.82, 2.24) is 20.1 Å². The van der Waals surface area contributed by atoms with Gasteiger partial charge in [0, 0.05) is 44.5 Å². The number of aromatic nitrogens is 1. The zero-order chi connectivity index (χ0) is 21.9. The zero-order valence-electron chi connectivity index (χ0n) is 18.7. The van der Waals surface area contributed by atoms with Gasteiger partial charge in [-0.05, 0) is 50.9 Å². The van der Waals surface area contributed by atoms with E-state index in [1.807, 2.05) is 24.4 Å². The van der Waals surface area contributed by atoms with Crippen molar-refractivity contribution >= 4 is 5.96 Å². The second kappa shape index (κ2) is 12.2. The van der Waals surface area contributed by atoms with Gasteiger partial charge in [-0.2, -0.15) is 0 Å². The van der Waals surface area contributed by atoms with Crippen LogP contribution in [0.2, 0.25) is 0 Å². The first-order chi connectivity index (χ1) is 15.2. The minimum absolute atomic E-state index is 0.0530. The Morgan fingerprint density at radius 2 is 1.87 bits per heavy atom. The maximum Gasteiger partial charge on any atom is 0.250 e. The molecule has 1 saturated heterocycles. The molecule has 31 heavy (non-hydrogen) atoms. The third-order valence-corrected chi connectivity index (χ3v) is 5.78. The first-order valence-corrected chi connectivity index (χ1v) is 11.2. The van der Waals surface area contributed by atoms with Gasteiger partial charge in [-0.15, -0.1) is 0 Å². The maximum atomic E-state index is 11.8. The average Bonchev–Trinajstić information content (AvgIpc) is 3.33. The summed E-state index contributed by atoms with van der Waals surface area (Å²) < 4.78 is 7.38. The first-order valence-electron chi connectivity index (χ1n) is 11.2. The monoisotopic (exact) mass is 425 g/mol. The largest absolute Gasteiger partial charge is 0.496 e. The third-order valence-electron chi connectivity index (χ3n) is 5.78. The van der Waals surface area contributed by atoms with Gasteiger partial charge in [-0.3, -0.25) is 14.7 Å². The summed E-state index contributed by atoms with van der Waals surface area (Å²) >= 11 is 0. The Bertz CT molecular complexity index is 889. The highest BCUT2D eigenvalue weighted by molar-refractivity contribution is 5.79. The molecule has 168 valence electrons. The molecule has 3 rings (SSSR count). The summed E-state index contributed by atoms with van der Waals surface area (Å²) in [4.78, 5) is 18.7. The molecule has 7 heteroatoms. The van der Waals surface area contributed by atoms with E-state index in [1.165, 1.54) is 18.4 Å². The quantitative estimate of drug-likeness (QED) is 0.348. The molecular weight excluding hydrogens is 390 g/mol. The number of guanidine groups is 1. The van der Waals surface area contributed by atoms with Crippen LogP contribution in [0.3, 0.4) is 0 Å². The number of hydrogen-bond donors (Lipinski definition) is 2. The summed E-state index contributed by atoms with van der Waals surface area (Å²) in [6.45, 7) is 4.52. The number of nitrogens with one attached hydrogen (secondary N) is 2.